The molecule has 2 fully saturated rings. The van der Waals surface area contributed by atoms with E-state index in [1.165, 1.54) is 12.3 Å². The number of morpholine rings is 1. The average Bonchev–Trinajstić information content (AvgIpc) is 2.37. The van der Waals surface area contributed by atoms with E-state index < -0.39 is 5.82 Å². The summed E-state index contributed by atoms with van der Waals surface area (Å²) in [5.41, 5.74) is 0.383. The quantitative estimate of drug-likeness (QED) is 0.759. The molecule has 0 spiro atoms. The van der Waals surface area contributed by atoms with Crippen molar-refractivity contribution in [3.8, 4) is 0 Å². The van der Waals surface area contributed by atoms with Crippen LogP contribution in [0.25, 0.3) is 0 Å². The summed E-state index contributed by atoms with van der Waals surface area (Å²) >= 11 is 0. The van der Waals surface area contributed by atoms with Crippen LogP contribution in [0, 0.1) is 11.7 Å². The van der Waals surface area contributed by atoms with Gasteiger partial charge in [-0.2, -0.15) is 0 Å². The Balaban J connectivity index is 1.78. The van der Waals surface area contributed by atoms with Crippen molar-refractivity contribution in [3.63, 3.8) is 0 Å². The number of fused-ring (bicyclic) bond motifs is 2. The zero-order valence-corrected chi connectivity index (χ0v) is 10.9. The van der Waals surface area contributed by atoms with Gasteiger partial charge in [0.25, 0.3) is 0 Å². The van der Waals surface area contributed by atoms with Crippen LogP contribution in [-0.2, 0) is 4.74 Å². The highest BCUT2D eigenvalue weighted by atomic mass is 19.1. The first-order valence-electron chi connectivity index (χ1n) is 6.59. The average molecular weight is 264 g/mol. The number of ketones is 1. The van der Waals surface area contributed by atoms with Crippen LogP contribution in [0.4, 0.5) is 4.39 Å². The van der Waals surface area contributed by atoms with Crippen LogP contribution in [0.1, 0.15) is 23.2 Å². The van der Waals surface area contributed by atoms with E-state index in [0.29, 0.717) is 30.9 Å². The van der Waals surface area contributed by atoms with Crippen molar-refractivity contribution in [1.82, 2.24) is 9.88 Å². The van der Waals surface area contributed by atoms with Crippen LogP contribution in [0.5, 0.6) is 0 Å². The van der Waals surface area contributed by atoms with Crippen LogP contribution < -0.4 is 0 Å². The Labute approximate surface area is 111 Å². The number of Topliss-reactive ketones (excluding diaryl/α,β-unsaturated/α-hetero) is 1. The van der Waals surface area contributed by atoms with Gasteiger partial charge in [0.1, 0.15) is 5.82 Å². The van der Waals surface area contributed by atoms with Gasteiger partial charge in [0, 0.05) is 29.8 Å². The molecule has 0 saturated carbocycles. The molecule has 1 aromatic rings. The van der Waals surface area contributed by atoms with E-state index in [0.717, 1.165) is 19.0 Å². The molecule has 5 heteroatoms. The molecule has 4 nitrogen and oxygen atoms in total. The Morgan fingerprint density at radius 2 is 2.05 bits per heavy atom. The number of ether oxygens (including phenoxy) is 1. The van der Waals surface area contributed by atoms with Crippen molar-refractivity contribution in [2.75, 3.05) is 20.3 Å². The van der Waals surface area contributed by atoms with Crippen molar-refractivity contribution in [3.05, 3.63) is 29.8 Å². The Bertz CT molecular complexity index is 480. The number of carbonyl (C=O) groups is 1. The summed E-state index contributed by atoms with van der Waals surface area (Å²) in [7, 11) is 2.09. The van der Waals surface area contributed by atoms with Gasteiger partial charge in [-0.3, -0.25) is 14.7 Å². The third-order valence-corrected chi connectivity index (χ3v) is 4.25. The minimum atomic E-state index is -0.456. The van der Waals surface area contributed by atoms with Crippen LogP contribution in [0.2, 0.25) is 0 Å². The SMILES string of the molecule is CN1C2COCC1CC(C(=O)c1cncc(F)c1)C2. The summed E-state index contributed by atoms with van der Waals surface area (Å²) in [6, 6.07) is 1.87. The maximum atomic E-state index is 13.1. The molecule has 19 heavy (non-hydrogen) atoms. The molecular weight excluding hydrogens is 247 g/mol. The number of nitrogens with zero attached hydrogens (tertiary/aromatic N) is 2. The van der Waals surface area contributed by atoms with Crippen molar-refractivity contribution in [2.24, 2.45) is 5.92 Å². The Morgan fingerprint density at radius 3 is 2.68 bits per heavy atom. The van der Waals surface area contributed by atoms with Crippen molar-refractivity contribution < 1.29 is 13.9 Å². The smallest absolute Gasteiger partial charge is 0.167 e. The first-order valence-corrected chi connectivity index (χ1v) is 6.59. The van der Waals surface area contributed by atoms with Gasteiger partial charge < -0.3 is 4.74 Å². The Kier molecular flexibility index (Phi) is 3.33. The van der Waals surface area contributed by atoms with Gasteiger partial charge in [-0.05, 0) is 26.0 Å². The minimum Gasteiger partial charge on any atom is -0.378 e. The summed E-state index contributed by atoms with van der Waals surface area (Å²) in [6.07, 6.45) is 4.13. The molecule has 0 radical (unpaired) electrons. The molecule has 0 amide bonds. The highest BCUT2D eigenvalue weighted by molar-refractivity contribution is 5.97. The predicted molar refractivity (Wildman–Crippen MR) is 67.4 cm³/mol. The van der Waals surface area contributed by atoms with E-state index in [9.17, 15) is 9.18 Å². The maximum absolute atomic E-state index is 13.1. The normalized spacial score (nSPS) is 31.2. The number of pyridine rings is 1. The van der Waals surface area contributed by atoms with Crippen LogP contribution in [-0.4, -0.2) is 48.0 Å². The number of carbonyl (C=O) groups excluding carboxylic acids is 1. The van der Waals surface area contributed by atoms with Gasteiger partial charge >= 0.3 is 0 Å². The minimum absolute atomic E-state index is 0.0111. The van der Waals surface area contributed by atoms with E-state index in [2.05, 4.69) is 16.9 Å². The first-order chi connectivity index (χ1) is 9.15. The summed E-state index contributed by atoms with van der Waals surface area (Å²) < 4.78 is 18.7. The molecule has 2 unspecified atom stereocenters. The monoisotopic (exact) mass is 264 g/mol. The lowest BCUT2D eigenvalue weighted by Crippen LogP contribution is -2.55. The van der Waals surface area contributed by atoms with Gasteiger partial charge in [-0.1, -0.05) is 0 Å². The van der Waals surface area contributed by atoms with Gasteiger partial charge in [0.15, 0.2) is 5.78 Å². The maximum Gasteiger partial charge on any atom is 0.167 e. The van der Waals surface area contributed by atoms with Crippen LogP contribution in [0.3, 0.4) is 0 Å². The third-order valence-electron chi connectivity index (χ3n) is 4.25. The number of aromatic nitrogens is 1. The number of likely N-dealkylation sites (N-methyl/N-ethyl adjacent to an activating group) is 1. The van der Waals surface area contributed by atoms with E-state index >= 15 is 0 Å². The molecule has 3 rings (SSSR count). The fourth-order valence-corrected chi connectivity index (χ4v) is 3.09. The fraction of sp³-hybridized carbons (Fsp3) is 0.571. The molecule has 2 saturated heterocycles. The van der Waals surface area contributed by atoms with Gasteiger partial charge in [-0.15, -0.1) is 0 Å². The van der Waals surface area contributed by atoms with Gasteiger partial charge in [0.05, 0.1) is 19.4 Å². The van der Waals surface area contributed by atoms with E-state index in [-0.39, 0.29) is 11.7 Å². The molecule has 0 N–H and O–H groups in total. The summed E-state index contributed by atoms with van der Waals surface area (Å²) in [5, 5.41) is 0. The number of piperidine rings is 1. The largest absolute Gasteiger partial charge is 0.378 e. The number of rotatable bonds is 2. The highest BCUT2D eigenvalue weighted by Gasteiger charge is 2.39. The van der Waals surface area contributed by atoms with Crippen molar-refractivity contribution >= 4 is 5.78 Å². The van der Waals surface area contributed by atoms with Crippen LogP contribution >= 0.6 is 0 Å². The summed E-state index contributed by atoms with van der Waals surface area (Å²) in [6.45, 7) is 1.36. The lowest BCUT2D eigenvalue weighted by molar-refractivity contribution is -0.0702. The molecule has 2 atom stereocenters. The second kappa shape index (κ2) is 4.98. The van der Waals surface area contributed by atoms with E-state index in [1.807, 2.05) is 0 Å². The van der Waals surface area contributed by atoms with Crippen LogP contribution in [0.15, 0.2) is 18.5 Å². The highest BCUT2D eigenvalue weighted by Crippen LogP contribution is 2.32. The zero-order chi connectivity index (χ0) is 13.4. The molecule has 3 heterocycles. The third kappa shape index (κ3) is 2.40. The van der Waals surface area contributed by atoms with E-state index in [1.54, 1.807) is 0 Å². The Morgan fingerprint density at radius 1 is 1.37 bits per heavy atom. The van der Waals surface area contributed by atoms with E-state index in [4.69, 9.17) is 4.74 Å². The topological polar surface area (TPSA) is 42.4 Å². The molecular formula is C14H17FN2O2. The summed E-state index contributed by atoms with van der Waals surface area (Å²) in [5.74, 6) is -0.488. The summed E-state index contributed by atoms with van der Waals surface area (Å²) in [4.78, 5) is 18.5. The predicted octanol–water partition coefficient (Wildman–Crippen LogP) is 1.51. The lowest BCUT2D eigenvalue weighted by Gasteiger charge is -2.46. The van der Waals surface area contributed by atoms with Gasteiger partial charge in [0.2, 0.25) is 0 Å². The molecule has 0 aliphatic carbocycles. The van der Waals surface area contributed by atoms with Gasteiger partial charge in [-0.25, -0.2) is 4.39 Å². The number of hydrogen-bond acceptors (Lipinski definition) is 4. The lowest BCUT2D eigenvalue weighted by atomic mass is 9.81. The second-order valence-corrected chi connectivity index (χ2v) is 5.43. The fourth-order valence-electron chi connectivity index (χ4n) is 3.09. The molecule has 2 aliphatic rings. The molecule has 2 aliphatic heterocycles. The number of halogens is 1. The molecule has 2 bridgehead atoms. The van der Waals surface area contributed by atoms with Crippen molar-refractivity contribution in [2.45, 2.75) is 24.9 Å². The first kappa shape index (κ1) is 12.7. The van der Waals surface area contributed by atoms with Crippen molar-refractivity contribution in [1.29, 1.82) is 0 Å². The number of hydrogen-bond donors (Lipinski definition) is 0. The molecule has 0 aromatic carbocycles. The molecule has 102 valence electrons. The Hall–Kier alpha value is -1.33. The molecule has 1 aromatic heterocycles. The second-order valence-electron chi connectivity index (χ2n) is 5.43. The standard InChI is InChI=1S/C14H17FN2O2/c1-17-12-3-9(4-13(17)8-19-7-12)14(18)10-2-11(15)6-16-5-10/h2,5-6,9,12-13H,3-4,7-8H2,1H3. The zero-order valence-electron chi connectivity index (χ0n) is 10.9.